The van der Waals surface area contributed by atoms with Crippen molar-refractivity contribution in [2.75, 3.05) is 7.11 Å². The van der Waals surface area contributed by atoms with Gasteiger partial charge in [-0.2, -0.15) is 5.26 Å². The molecule has 0 aliphatic heterocycles. The summed E-state index contributed by atoms with van der Waals surface area (Å²) in [4.78, 5) is 11.3. The standard InChI is InChI=1S/C13H12N2O2/c1-9-11(7-14)10-5-3-4-6-12(10)15(9)8-13(16)17-2/h3-6H,8H2,1-2H3. The van der Waals surface area contributed by atoms with Crippen LogP contribution in [0.15, 0.2) is 24.3 Å². The number of hydrogen-bond acceptors (Lipinski definition) is 3. The number of para-hydroxylation sites is 1. The summed E-state index contributed by atoms with van der Waals surface area (Å²) in [5, 5.41) is 10.0. The van der Waals surface area contributed by atoms with E-state index in [0.29, 0.717) is 5.56 Å². The number of esters is 1. The van der Waals surface area contributed by atoms with Crippen LogP contribution in [0, 0.1) is 18.3 Å². The summed E-state index contributed by atoms with van der Waals surface area (Å²) >= 11 is 0. The molecular weight excluding hydrogens is 216 g/mol. The third kappa shape index (κ3) is 1.76. The van der Waals surface area contributed by atoms with E-state index in [4.69, 9.17) is 5.26 Å². The molecule has 4 nitrogen and oxygen atoms in total. The van der Waals surface area contributed by atoms with Gasteiger partial charge in [0.25, 0.3) is 0 Å². The number of rotatable bonds is 2. The van der Waals surface area contributed by atoms with Crippen LogP contribution in [0.2, 0.25) is 0 Å². The molecule has 86 valence electrons. The second kappa shape index (κ2) is 4.30. The van der Waals surface area contributed by atoms with Crippen molar-refractivity contribution in [3.63, 3.8) is 0 Å². The maximum Gasteiger partial charge on any atom is 0.325 e. The van der Waals surface area contributed by atoms with Crippen LogP contribution >= 0.6 is 0 Å². The minimum Gasteiger partial charge on any atom is -0.468 e. The van der Waals surface area contributed by atoms with Gasteiger partial charge in [0, 0.05) is 11.1 Å². The normalized spacial score (nSPS) is 10.2. The zero-order valence-electron chi connectivity index (χ0n) is 9.73. The molecule has 17 heavy (non-hydrogen) atoms. The largest absolute Gasteiger partial charge is 0.468 e. The van der Waals surface area contributed by atoms with Crippen molar-refractivity contribution in [1.29, 1.82) is 5.26 Å². The molecule has 0 aliphatic rings. The number of ether oxygens (including phenoxy) is 1. The number of carbonyl (C=O) groups excluding carboxylic acids is 1. The molecule has 2 aromatic rings. The highest BCUT2D eigenvalue weighted by molar-refractivity contribution is 5.89. The Kier molecular flexibility index (Phi) is 2.84. The van der Waals surface area contributed by atoms with Gasteiger partial charge in [-0.1, -0.05) is 18.2 Å². The molecule has 0 atom stereocenters. The number of fused-ring (bicyclic) bond motifs is 1. The molecule has 0 saturated heterocycles. The van der Waals surface area contributed by atoms with Crippen molar-refractivity contribution in [2.45, 2.75) is 13.5 Å². The third-order valence-corrected chi connectivity index (χ3v) is 2.86. The lowest BCUT2D eigenvalue weighted by molar-refractivity contribution is -0.141. The summed E-state index contributed by atoms with van der Waals surface area (Å²) in [5.74, 6) is -0.321. The van der Waals surface area contributed by atoms with Crippen molar-refractivity contribution >= 4 is 16.9 Å². The van der Waals surface area contributed by atoms with Gasteiger partial charge in [0.05, 0.1) is 18.2 Å². The molecule has 0 aliphatic carbocycles. The number of hydrogen-bond donors (Lipinski definition) is 0. The number of nitrogens with zero attached hydrogens (tertiary/aromatic N) is 2. The number of carbonyl (C=O) groups is 1. The van der Waals surface area contributed by atoms with Crippen molar-refractivity contribution in [3.8, 4) is 6.07 Å². The van der Waals surface area contributed by atoms with E-state index >= 15 is 0 Å². The van der Waals surface area contributed by atoms with Crippen LogP contribution in [0.3, 0.4) is 0 Å². The average molecular weight is 228 g/mol. The van der Waals surface area contributed by atoms with Crippen molar-refractivity contribution < 1.29 is 9.53 Å². The van der Waals surface area contributed by atoms with Gasteiger partial charge in [0.2, 0.25) is 0 Å². The first-order valence-corrected chi connectivity index (χ1v) is 5.23. The summed E-state index contributed by atoms with van der Waals surface area (Å²) in [6.45, 7) is 1.96. The maximum absolute atomic E-state index is 11.3. The van der Waals surface area contributed by atoms with Crippen molar-refractivity contribution in [2.24, 2.45) is 0 Å². The molecule has 0 saturated carbocycles. The summed E-state index contributed by atoms with van der Waals surface area (Å²) < 4.78 is 6.46. The summed E-state index contributed by atoms with van der Waals surface area (Å²) in [7, 11) is 1.36. The average Bonchev–Trinajstić information content (AvgIpc) is 2.62. The van der Waals surface area contributed by atoms with Gasteiger partial charge < -0.3 is 9.30 Å². The van der Waals surface area contributed by atoms with Crippen LogP contribution in [-0.2, 0) is 16.1 Å². The lowest BCUT2D eigenvalue weighted by Gasteiger charge is -2.05. The first kappa shape index (κ1) is 11.2. The van der Waals surface area contributed by atoms with Gasteiger partial charge in [-0.25, -0.2) is 0 Å². The van der Waals surface area contributed by atoms with Crippen LogP contribution in [-0.4, -0.2) is 17.6 Å². The van der Waals surface area contributed by atoms with Crippen molar-refractivity contribution in [1.82, 2.24) is 4.57 Å². The first-order chi connectivity index (χ1) is 8.19. The Morgan fingerprint density at radius 3 is 2.82 bits per heavy atom. The Labute approximate surface area is 99.0 Å². The Bertz CT molecular complexity index is 620. The molecule has 4 heteroatoms. The second-order valence-corrected chi connectivity index (χ2v) is 3.75. The van der Waals surface area contributed by atoms with E-state index in [-0.39, 0.29) is 12.5 Å². The molecule has 0 fully saturated rings. The SMILES string of the molecule is COC(=O)Cn1c(C)c(C#N)c2ccccc21. The van der Waals surface area contributed by atoms with E-state index in [1.807, 2.05) is 31.2 Å². The van der Waals surface area contributed by atoms with Crippen molar-refractivity contribution in [3.05, 3.63) is 35.5 Å². The number of methoxy groups -OCH3 is 1. The van der Waals surface area contributed by atoms with Crippen LogP contribution in [0.4, 0.5) is 0 Å². The number of nitriles is 1. The van der Waals surface area contributed by atoms with Crippen LogP contribution < -0.4 is 0 Å². The first-order valence-electron chi connectivity index (χ1n) is 5.23. The zero-order chi connectivity index (χ0) is 12.4. The number of benzene rings is 1. The van der Waals surface area contributed by atoms with Gasteiger partial charge in [0.15, 0.2) is 0 Å². The molecule has 0 unspecified atom stereocenters. The van der Waals surface area contributed by atoms with E-state index < -0.39 is 0 Å². The van der Waals surface area contributed by atoms with E-state index in [2.05, 4.69) is 10.8 Å². The summed E-state index contributed by atoms with van der Waals surface area (Å²) in [6, 6.07) is 9.72. The Balaban J connectivity index is 2.67. The topological polar surface area (TPSA) is 55.0 Å². The van der Waals surface area contributed by atoms with E-state index in [9.17, 15) is 4.79 Å². The summed E-state index contributed by atoms with van der Waals surface area (Å²) in [5.41, 5.74) is 2.29. The van der Waals surface area contributed by atoms with Gasteiger partial charge in [-0.05, 0) is 13.0 Å². The highest BCUT2D eigenvalue weighted by atomic mass is 16.5. The van der Waals surface area contributed by atoms with Crippen LogP contribution in [0.1, 0.15) is 11.3 Å². The second-order valence-electron chi connectivity index (χ2n) is 3.75. The minimum absolute atomic E-state index is 0.129. The van der Waals surface area contributed by atoms with Gasteiger partial charge in [0.1, 0.15) is 12.6 Å². The van der Waals surface area contributed by atoms with Gasteiger partial charge >= 0.3 is 5.97 Å². The van der Waals surface area contributed by atoms with Gasteiger partial charge in [-0.3, -0.25) is 4.79 Å². The zero-order valence-corrected chi connectivity index (χ0v) is 9.73. The quantitative estimate of drug-likeness (QED) is 0.738. The van der Waals surface area contributed by atoms with E-state index in [1.54, 1.807) is 4.57 Å². The maximum atomic E-state index is 11.3. The highest BCUT2D eigenvalue weighted by Gasteiger charge is 2.15. The third-order valence-electron chi connectivity index (χ3n) is 2.86. The fourth-order valence-electron chi connectivity index (χ4n) is 1.97. The highest BCUT2D eigenvalue weighted by Crippen LogP contribution is 2.24. The van der Waals surface area contributed by atoms with Crippen LogP contribution in [0.5, 0.6) is 0 Å². The predicted octanol–water partition coefficient (Wildman–Crippen LogP) is 1.99. The van der Waals surface area contributed by atoms with E-state index in [1.165, 1.54) is 7.11 Å². The molecule has 0 radical (unpaired) electrons. The lowest BCUT2D eigenvalue weighted by Crippen LogP contribution is -2.12. The molecule has 1 aromatic carbocycles. The molecule has 0 bridgehead atoms. The molecule has 0 spiro atoms. The Hall–Kier alpha value is -2.28. The lowest BCUT2D eigenvalue weighted by atomic mass is 10.1. The monoisotopic (exact) mass is 228 g/mol. The number of aromatic nitrogens is 1. The van der Waals surface area contributed by atoms with E-state index in [0.717, 1.165) is 16.6 Å². The fourth-order valence-corrected chi connectivity index (χ4v) is 1.97. The summed E-state index contributed by atoms with van der Waals surface area (Å²) in [6.07, 6.45) is 0. The molecule has 0 amide bonds. The predicted molar refractivity (Wildman–Crippen MR) is 63.4 cm³/mol. The fraction of sp³-hybridized carbons (Fsp3) is 0.231. The minimum atomic E-state index is -0.321. The molecule has 1 aromatic heterocycles. The van der Waals surface area contributed by atoms with Crippen LogP contribution in [0.25, 0.3) is 10.9 Å². The Morgan fingerprint density at radius 1 is 1.47 bits per heavy atom. The Morgan fingerprint density at radius 2 is 2.18 bits per heavy atom. The molecular formula is C13H12N2O2. The molecule has 1 heterocycles. The van der Waals surface area contributed by atoms with Gasteiger partial charge in [-0.15, -0.1) is 0 Å². The smallest absolute Gasteiger partial charge is 0.325 e. The molecule has 0 N–H and O–H groups in total. The molecule has 2 rings (SSSR count).